The fourth-order valence-electron chi connectivity index (χ4n) is 10.3. The molecule has 14 nitrogen and oxygen atoms in total. The Labute approximate surface area is 416 Å². The predicted molar refractivity (Wildman–Crippen MR) is 268 cm³/mol. The van der Waals surface area contributed by atoms with Crippen LogP contribution in [-0.2, 0) is 30.1 Å². The third kappa shape index (κ3) is 10.0. The molecular weight excluding hydrogens is 974 g/mol. The second-order valence-corrected chi connectivity index (χ2v) is 21.4. The summed E-state index contributed by atoms with van der Waals surface area (Å²) in [4.78, 5) is 39.0. The summed E-state index contributed by atoms with van der Waals surface area (Å²) in [5.41, 5.74) is 13.6. The van der Waals surface area contributed by atoms with Crippen LogP contribution < -0.4 is 26.4 Å². The Bertz CT molecular complexity index is 2650. The van der Waals surface area contributed by atoms with Gasteiger partial charge in [0.25, 0.3) is 11.8 Å². The lowest BCUT2D eigenvalue weighted by atomic mass is 9.74. The highest BCUT2D eigenvalue weighted by molar-refractivity contribution is 9.10. The van der Waals surface area contributed by atoms with Crippen LogP contribution in [0.5, 0.6) is 11.5 Å². The number of carbonyl (C=O) groups is 2. The van der Waals surface area contributed by atoms with E-state index in [1.807, 2.05) is 60.7 Å². The number of benzene rings is 4. The number of ether oxygens (including phenoxy) is 4. The maximum Gasteiger partial charge on any atom is 0.488 e. The molecule has 0 aliphatic carbocycles. The zero-order valence-electron chi connectivity index (χ0n) is 39.0. The van der Waals surface area contributed by atoms with E-state index in [0.717, 1.165) is 52.4 Å². The Morgan fingerprint density at radius 3 is 1.57 bits per heavy atom. The zero-order chi connectivity index (χ0) is 48.9. The average Bonchev–Trinajstić information content (AvgIpc) is 3.63. The van der Waals surface area contributed by atoms with Crippen LogP contribution in [0.4, 0.5) is 0 Å². The molecule has 0 saturated carbocycles. The zero-order valence-corrected chi connectivity index (χ0v) is 42.1. The van der Waals surface area contributed by atoms with Crippen LogP contribution in [0.25, 0.3) is 11.1 Å². The van der Waals surface area contributed by atoms with Crippen molar-refractivity contribution < 1.29 is 38.6 Å². The molecule has 4 aromatic carbocycles. The molecule has 18 heteroatoms. The molecule has 2 spiro atoms. The fourth-order valence-corrected chi connectivity index (χ4v) is 11.1. The van der Waals surface area contributed by atoms with E-state index >= 15 is 0 Å². The van der Waals surface area contributed by atoms with Gasteiger partial charge in [-0.2, -0.15) is 0 Å². The van der Waals surface area contributed by atoms with E-state index in [0.29, 0.717) is 59.0 Å². The van der Waals surface area contributed by atoms with Crippen LogP contribution in [0.15, 0.2) is 99.4 Å². The molecule has 6 aliphatic rings. The summed E-state index contributed by atoms with van der Waals surface area (Å²) in [7, 11) is 1.92. The van der Waals surface area contributed by atoms with E-state index in [9.17, 15) is 9.59 Å². The molecule has 4 aromatic rings. The SMILES string of the molecule is CN1C(=O)C2(CC(C3CCOC(C)(C)C3)Oc3ccc(-c4cccc(Cl)c4)cc32)N=C1N.CN1C(=O)C2(CC(C3CCOC(C)(C)C3)Oc3ccc(Br)cc32)N=C1N.OB(O)c1cccc(Cl)c1. The van der Waals surface area contributed by atoms with Gasteiger partial charge in [-0.25, -0.2) is 9.98 Å². The first-order chi connectivity index (χ1) is 32.1. The molecule has 6 N–H and O–H groups in total. The van der Waals surface area contributed by atoms with E-state index in [-0.39, 0.29) is 53.1 Å². The third-order valence-corrected chi connectivity index (χ3v) is 14.8. The van der Waals surface area contributed by atoms with Gasteiger partial charge in [0.05, 0.1) is 11.2 Å². The van der Waals surface area contributed by atoms with Gasteiger partial charge >= 0.3 is 7.12 Å². The normalized spacial score (nSPS) is 27.6. The molecule has 6 unspecified atom stereocenters. The summed E-state index contributed by atoms with van der Waals surface area (Å²) in [6.07, 6.45) is 4.29. The lowest BCUT2D eigenvalue weighted by Crippen LogP contribution is -2.49. The number of fused-ring (bicyclic) bond motifs is 4. The Morgan fingerprint density at radius 1 is 0.662 bits per heavy atom. The summed E-state index contributed by atoms with van der Waals surface area (Å²) in [5.74, 6) is 2.28. The van der Waals surface area contributed by atoms with Gasteiger partial charge in [-0.05, 0) is 125 Å². The summed E-state index contributed by atoms with van der Waals surface area (Å²) in [5, 5.41) is 18.5. The van der Waals surface area contributed by atoms with Crippen molar-refractivity contribution in [2.75, 3.05) is 27.3 Å². The van der Waals surface area contributed by atoms with E-state index in [2.05, 4.69) is 48.6 Å². The van der Waals surface area contributed by atoms with Crippen LogP contribution in [0, 0.1) is 11.8 Å². The number of amides is 2. The second-order valence-electron chi connectivity index (χ2n) is 19.6. The van der Waals surface area contributed by atoms with E-state index < -0.39 is 18.2 Å². The molecule has 6 atom stereocenters. The second kappa shape index (κ2) is 19.3. The lowest BCUT2D eigenvalue weighted by Gasteiger charge is -2.44. The van der Waals surface area contributed by atoms with Crippen LogP contribution in [0.3, 0.4) is 0 Å². The number of rotatable bonds is 4. The summed E-state index contributed by atoms with van der Waals surface area (Å²) >= 11 is 15.3. The number of hydrogen-bond donors (Lipinski definition) is 4. The minimum Gasteiger partial charge on any atom is -0.490 e. The highest BCUT2D eigenvalue weighted by Gasteiger charge is 2.57. The first-order valence-corrected chi connectivity index (χ1v) is 24.4. The fraction of sp³-hybridized carbons (Fsp3) is 0.440. The number of halogens is 3. The number of hydrogen-bond acceptors (Lipinski definition) is 12. The maximum atomic E-state index is 13.5. The molecule has 2 saturated heterocycles. The van der Waals surface area contributed by atoms with Crippen LogP contribution in [0.1, 0.15) is 77.3 Å². The standard InChI is InChI=1S/C25H28ClN3O3.C19H24BrN3O3.C6H6BClO2/c1-24(2)13-17(9-10-31-24)21-14-25(22(30)29(3)23(27)28-25)19-12-16(7-8-20(19)32-21)15-5-4-6-18(26)11-15;1-18(2)9-11(6-7-25-18)15-10-19(16(24)23(3)17(21)22-19)13-8-12(20)4-5-14(13)26-15;8-6-3-1-2-5(4-6)7(9)10/h4-8,11-12,17,21H,9-10,13-14H2,1-3H3,(H2,27,28);4-5,8,11,15H,6-7,9-10H2,1-3H3,(H2,21,22);1-4,9-10H. The molecule has 360 valence electrons. The molecule has 2 fully saturated rings. The molecule has 10 rings (SSSR count). The molecule has 6 aliphatic heterocycles. The van der Waals surface area contributed by atoms with Crippen molar-refractivity contribution in [3.8, 4) is 22.6 Å². The van der Waals surface area contributed by atoms with Gasteiger partial charge in [0.1, 0.15) is 23.7 Å². The summed E-state index contributed by atoms with van der Waals surface area (Å²) < 4.78 is 25.6. The quantitative estimate of drug-likeness (QED) is 0.153. The highest BCUT2D eigenvalue weighted by Crippen LogP contribution is 2.51. The van der Waals surface area contributed by atoms with Gasteiger partial charge in [0.15, 0.2) is 23.0 Å². The van der Waals surface area contributed by atoms with Crippen molar-refractivity contribution >= 4 is 75.4 Å². The van der Waals surface area contributed by atoms with E-state index in [4.69, 9.17) is 68.7 Å². The number of aliphatic imine (C=N–C) groups is 2. The Kier molecular flexibility index (Phi) is 14.1. The van der Waals surface area contributed by atoms with E-state index in [1.54, 1.807) is 32.3 Å². The first-order valence-electron chi connectivity index (χ1n) is 22.8. The Hall–Kier alpha value is -4.68. The number of likely N-dealkylation sites (N-methyl/N-ethyl adjacent to an activating group) is 2. The van der Waals surface area contributed by atoms with Gasteiger partial charge in [-0.3, -0.25) is 19.4 Å². The van der Waals surface area contributed by atoms with Crippen molar-refractivity contribution in [1.29, 1.82) is 0 Å². The smallest absolute Gasteiger partial charge is 0.488 e. The van der Waals surface area contributed by atoms with Crippen molar-refractivity contribution in [1.82, 2.24) is 9.80 Å². The van der Waals surface area contributed by atoms with Gasteiger partial charge in [0.2, 0.25) is 0 Å². The van der Waals surface area contributed by atoms with E-state index in [1.165, 1.54) is 15.9 Å². The molecule has 6 heterocycles. The third-order valence-electron chi connectivity index (χ3n) is 13.8. The minimum atomic E-state index is -1.43. The summed E-state index contributed by atoms with van der Waals surface area (Å²) in [6, 6.07) is 25.8. The number of guanidine groups is 2. The molecule has 0 radical (unpaired) electrons. The van der Waals surface area contributed by atoms with Gasteiger partial charge in [0, 0.05) is 77.6 Å². The average molecular weight is 1030 g/mol. The van der Waals surface area contributed by atoms with Crippen molar-refractivity contribution in [2.24, 2.45) is 33.3 Å². The maximum absolute atomic E-state index is 13.5. The van der Waals surface area contributed by atoms with Crippen LogP contribution in [0.2, 0.25) is 10.0 Å². The lowest BCUT2D eigenvalue weighted by molar-refractivity contribution is -0.135. The predicted octanol–water partition coefficient (Wildman–Crippen LogP) is 7.15. The number of nitrogens with zero attached hydrogens (tertiary/aromatic N) is 4. The first kappa shape index (κ1) is 49.7. The molecule has 0 aromatic heterocycles. The Morgan fingerprint density at radius 2 is 1.13 bits per heavy atom. The largest absolute Gasteiger partial charge is 0.490 e. The van der Waals surface area contributed by atoms with Crippen molar-refractivity contribution in [2.45, 2.75) is 101 Å². The Balaban J connectivity index is 0.000000155. The van der Waals surface area contributed by atoms with Crippen LogP contribution in [-0.4, -0.2) is 101 Å². The van der Waals surface area contributed by atoms with Gasteiger partial charge in [-0.1, -0.05) is 69.5 Å². The molecule has 68 heavy (non-hydrogen) atoms. The van der Waals surface area contributed by atoms with Crippen molar-refractivity contribution in [3.63, 3.8) is 0 Å². The van der Waals surface area contributed by atoms with Crippen LogP contribution >= 0.6 is 39.1 Å². The van der Waals surface area contributed by atoms with Gasteiger partial charge < -0.3 is 40.5 Å². The molecule has 2 amide bonds. The van der Waals surface area contributed by atoms with Gasteiger partial charge in [-0.15, -0.1) is 0 Å². The topological polar surface area (TPSA) is 195 Å². The summed E-state index contributed by atoms with van der Waals surface area (Å²) in [6.45, 7) is 9.81. The number of nitrogens with two attached hydrogens (primary N) is 2. The molecule has 0 bridgehead atoms. The monoisotopic (exact) mass is 1030 g/mol. The molecular formula is C50H58BBrCl2N6O8. The highest BCUT2D eigenvalue weighted by atomic mass is 79.9. The van der Waals surface area contributed by atoms with Crippen molar-refractivity contribution in [3.05, 3.63) is 111 Å². The number of carbonyl (C=O) groups excluding carboxylic acids is 2. The minimum absolute atomic E-state index is 0.0889.